The van der Waals surface area contributed by atoms with Crippen LogP contribution in [0, 0.1) is 0 Å². The molecule has 2 rings (SSSR count). The predicted molar refractivity (Wildman–Crippen MR) is 81.2 cm³/mol. The van der Waals surface area contributed by atoms with Gasteiger partial charge in [-0.15, -0.1) is 0 Å². The van der Waals surface area contributed by atoms with Gasteiger partial charge in [0.05, 0.1) is 0 Å². The molecule has 0 spiro atoms. The van der Waals surface area contributed by atoms with Crippen LogP contribution in [0.15, 0.2) is 22.7 Å². The van der Waals surface area contributed by atoms with Gasteiger partial charge in [0.1, 0.15) is 0 Å². The monoisotopic (exact) mass is 325 g/mol. The first-order valence-electron chi connectivity index (χ1n) is 6.53. The lowest BCUT2D eigenvalue weighted by Crippen LogP contribution is -2.42. The highest BCUT2D eigenvalue weighted by molar-refractivity contribution is 9.10. The molecule has 1 saturated heterocycles. The summed E-state index contributed by atoms with van der Waals surface area (Å²) >= 11 is 3.37. The van der Waals surface area contributed by atoms with E-state index >= 15 is 0 Å². The lowest BCUT2D eigenvalue weighted by molar-refractivity contribution is 0.0696. The number of rotatable bonds is 1. The lowest BCUT2D eigenvalue weighted by atomic mass is 10.1. The Hall–Kier alpha value is -1.07. The van der Waals surface area contributed by atoms with Crippen molar-refractivity contribution in [3.63, 3.8) is 0 Å². The number of nitrogens with zero attached hydrogens (tertiary/aromatic N) is 2. The van der Waals surface area contributed by atoms with Crippen LogP contribution in [0.2, 0.25) is 0 Å². The van der Waals surface area contributed by atoms with Gasteiger partial charge in [0.25, 0.3) is 5.91 Å². The maximum absolute atomic E-state index is 12.6. The molecular formula is C14H20BrN3O. The van der Waals surface area contributed by atoms with Crippen LogP contribution in [-0.2, 0) is 0 Å². The van der Waals surface area contributed by atoms with E-state index in [1.54, 1.807) is 18.2 Å². The third-order valence-corrected chi connectivity index (χ3v) is 4.24. The average molecular weight is 326 g/mol. The third-order valence-electron chi connectivity index (χ3n) is 3.56. The fraction of sp³-hybridized carbons (Fsp3) is 0.500. The van der Waals surface area contributed by atoms with Crippen molar-refractivity contribution < 1.29 is 4.79 Å². The molecule has 2 N–H and O–H groups in total. The smallest absolute Gasteiger partial charge is 0.254 e. The van der Waals surface area contributed by atoms with Crippen molar-refractivity contribution in [1.82, 2.24) is 9.80 Å². The molecule has 104 valence electrons. The van der Waals surface area contributed by atoms with Crippen LogP contribution in [0.3, 0.4) is 0 Å². The molecule has 0 aromatic heterocycles. The highest BCUT2D eigenvalue weighted by atomic mass is 79.9. The Morgan fingerprint density at radius 1 is 1.42 bits per heavy atom. The van der Waals surface area contributed by atoms with Gasteiger partial charge in [-0.3, -0.25) is 4.79 Å². The second-order valence-electron chi connectivity index (χ2n) is 5.20. The Bertz CT molecular complexity index is 478. The summed E-state index contributed by atoms with van der Waals surface area (Å²) in [7, 11) is 2.10. The second kappa shape index (κ2) is 5.92. The van der Waals surface area contributed by atoms with Crippen molar-refractivity contribution in [2.75, 3.05) is 32.4 Å². The summed E-state index contributed by atoms with van der Waals surface area (Å²) in [6.45, 7) is 4.87. The first-order valence-corrected chi connectivity index (χ1v) is 7.33. The van der Waals surface area contributed by atoms with Crippen LogP contribution in [0.5, 0.6) is 0 Å². The molecule has 0 aliphatic carbocycles. The van der Waals surface area contributed by atoms with Crippen molar-refractivity contribution >= 4 is 27.5 Å². The van der Waals surface area contributed by atoms with Crippen LogP contribution in [0.25, 0.3) is 0 Å². The van der Waals surface area contributed by atoms with Crippen molar-refractivity contribution in [1.29, 1.82) is 0 Å². The van der Waals surface area contributed by atoms with Gasteiger partial charge in [-0.05, 0) is 61.1 Å². The van der Waals surface area contributed by atoms with Crippen molar-refractivity contribution in [2.24, 2.45) is 0 Å². The molecule has 4 nitrogen and oxygen atoms in total. The minimum absolute atomic E-state index is 0.0866. The van der Waals surface area contributed by atoms with Crippen molar-refractivity contribution in [3.05, 3.63) is 28.2 Å². The summed E-state index contributed by atoms with van der Waals surface area (Å²) in [6, 6.07) is 5.60. The van der Waals surface area contributed by atoms with Crippen LogP contribution in [0.1, 0.15) is 23.7 Å². The van der Waals surface area contributed by atoms with Gasteiger partial charge in [-0.25, -0.2) is 0 Å². The van der Waals surface area contributed by atoms with Gasteiger partial charge in [0.15, 0.2) is 0 Å². The number of halogens is 1. The molecular weight excluding hydrogens is 306 g/mol. The minimum Gasteiger partial charge on any atom is -0.398 e. The van der Waals surface area contributed by atoms with Gasteiger partial charge >= 0.3 is 0 Å². The number of hydrogen-bond donors (Lipinski definition) is 1. The standard InChI is InChI=1S/C14H20BrN3O/c1-10-9-17(2)6-3-7-18(10)14(19)11-4-5-13(16)12(15)8-11/h4-5,8,10H,3,6-7,9,16H2,1-2H3. The Morgan fingerprint density at radius 2 is 2.16 bits per heavy atom. The molecule has 5 heteroatoms. The quantitative estimate of drug-likeness (QED) is 0.805. The molecule has 0 saturated carbocycles. The highest BCUT2D eigenvalue weighted by Crippen LogP contribution is 2.22. The number of benzene rings is 1. The van der Waals surface area contributed by atoms with Crippen LogP contribution in [-0.4, -0.2) is 48.4 Å². The van der Waals surface area contributed by atoms with E-state index in [0.29, 0.717) is 11.3 Å². The van der Waals surface area contributed by atoms with E-state index in [-0.39, 0.29) is 11.9 Å². The number of amides is 1. The van der Waals surface area contributed by atoms with Crippen LogP contribution < -0.4 is 5.73 Å². The third kappa shape index (κ3) is 3.28. The number of nitrogens with two attached hydrogens (primary N) is 1. The highest BCUT2D eigenvalue weighted by Gasteiger charge is 2.25. The van der Waals surface area contributed by atoms with Crippen molar-refractivity contribution in [3.8, 4) is 0 Å². The van der Waals surface area contributed by atoms with Crippen LogP contribution >= 0.6 is 15.9 Å². The first-order chi connectivity index (χ1) is 8.99. The van der Waals surface area contributed by atoms with E-state index in [1.165, 1.54) is 0 Å². The summed E-state index contributed by atoms with van der Waals surface area (Å²) in [4.78, 5) is 16.8. The van der Waals surface area contributed by atoms with Gasteiger partial charge in [-0.2, -0.15) is 0 Å². The fourth-order valence-electron chi connectivity index (χ4n) is 2.50. The molecule has 1 aromatic carbocycles. The Morgan fingerprint density at radius 3 is 2.84 bits per heavy atom. The van der Waals surface area contributed by atoms with Gasteiger partial charge in [-0.1, -0.05) is 0 Å². The second-order valence-corrected chi connectivity index (χ2v) is 6.05. The Labute approximate surface area is 122 Å². The topological polar surface area (TPSA) is 49.6 Å². The lowest BCUT2D eigenvalue weighted by Gasteiger charge is -2.28. The summed E-state index contributed by atoms with van der Waals surface area (Å²) in [5, 5.41) is 0. The minimum atomic E-state index is 0.0866. The number of carbonyl (C=O) groups is 1. The molecule has 1 unspecified atom stereocenters. The summed E-state index contributed by atoms with van der Waals surface area (Å²) in [5.41, 5.74) is 7.10. The SMILES string of the molecule is CC1CN(C)CCCN1C(=O)c1ccc(N)c(Br)c1. The molecule has 1 atom stereocenters. The maximum Gasteiger partial charge on any atom is 0.254 e. The zero-order valence-corrected chi connectivity index (χ0v) is 13.0. The Balaban J connectivity index is 2.20. The zero-order valence-electron chi connectivity index (χ0n) is 11.4. The number of hydrogen-bond acceptors (Lipinski definition) is 3. The van der Waals surface area contributed by atoms with Gasteiger partial charge < -0.3 is 15.5 Å². The molecule has 1 aliphatic rings. The molecule has 1 aliphatic heterocycles. The summed E-state index contributed by atoms with van der Waals surface area (Å²) in [5.74, 6) is 0.0866. The first kappa shape index (κ1) is 14.3. The summed E-state index contributed by atoms with van der Waals surface area (Å²) < 4.78 is 0.776. The average Bonchev–Trinajstić information content (AvgIpc) is 2.52. The van der Waals surface area contributed by atoms with E-state index in [0.717, 1.165) is 30.5 Å². The largest absolute Gasteiger partial charge is 0.398 e. The van der Waals surface area contributed by atoms with Gasteiger partial charge in [0.2, 0.25) is 0 Å². The van der Waals surface area contributed by atoms with E-state index in [4.69, 9.17) is 5.73 Å². The van der Waals surface area contributed by atoms with E-state index < -0.39 is 0 Å². The van der Waals surface area contributed by atoms with Crippen molar-refractivity contribution in [2.45, 2.75) is 19.4 Å². The predicted octanol–water partition coefficient (Wildman–Crippen LogP) is 2.20. The molecule has 1 aromatic rings. The molecule has 1 heterocycles. The molecule has 1 amide bonds. The molecule has 0 radical (unpaired) electrons. The molecule has 19 heavy (non-hydrogen) atoms. The van der Waals surface area contributed by atoms with Crippen LogP contribution in [0.4, 0.5) is 5.69 Å². The normalized spacial score (nSPS) is 21.2. The number of nitrogen functional groups attached to an aromatic ring is 1. The van der Waals surface area contributed by atoms with Gasteiger partial charge in [0, 0.05) is 34.9 Å². The number of carbonyl (C=O) groups excluding carboxylic acids is 1. The summed E-state index contributed by atoms with van der Waals surface area (Å²) in [6.07, 6.45) is 1.02. The fourth-order valence-corrected chi connectivity index (χ4v) is 2.88. The van der Waals surface area contributed by atoms with E-state index in [1.807, 2.05) is 4.90 Å². The van der Waals surface area contributed by atoms with E-state index in [9.17, 15) is 4.79 Å². The molecule has 0 bridgehead atoms. The number of likely N-dealkylation sites (N-methyl/N-ethyl adjacent to an activating group) is 1. The molecule has 1 fully saturated rings. The zero-order chi connectivity index (χ0) is 14.0. The Kier molecular flexibility index (Phi) is 4.47. The van der Waals surface area contributed by atoms with E-state index in [2.05, 4.69) is 34.8 Å². The number of anilines is 1. The maximum atomic E-state index is 12.6.